The van der Waals surface area contributed by atoms with Gasteiger partial charge in [0.05, 0.1) is 11.2 Å². The highest BCUT2D eigenvalue weighted by molar-refractivity contribution is 5.58. The van der Waals surface area contributed by atoms with Crippen LogP contribution in [0, 0.1) is 17.0 Å². The first kappa shape index (κ1) is 14.8. The van der Waals surface area contributed by atoms with Gasteiger partial charge in [-0.05, 0) is 19.9 Å². The third-order valence-corrected chi connectivity index (χ3v) is 3.02. The predicted octanol–water partition coefficient (Wildman–Crippen LogP) is 2.35. The molecule has 0 spiro atoms. The Kier molecular flexibility index (Phi) is 4.36. The van der Waals surface area contributed by atoms with Gasteiger partial charge in [0.2, 0.25) is 11.8 Å². The maximum absolute atomic E-state index is 11.1. The molecule has 112 valence electrons. The summed E-state index contributed by atoms with van der Waals surface area (Å²) in [6.45, 7) is 4.86. The normalized spacial score (nSPS) is 10.4. The lowest BCUT2D eigenvalue weighted by Gasteiger charge is -2.18. The molecule has 0 saturated carbocycles. The molecule has 0 aliphatic carbocycles. The van der Waals surface area contributed by atoms with E-state index in [1.807, 2.05) is 19.9 Å². The van der Waals surface area contributed by atoms with Crippen LogP contribution >= 0.6 is 0 Å². The quantitative estimate of drug-likeness (QED) is 0.644. The van der Waals surface area contributed by atoms with Gasteiger partial charge in [-0.15, -0.1) is 0 Å². The zero-order valence-corrected chi connectivity index (χ0v) is 12.2. The van der Waals surface area contributed by atoms with Crippen molar-refractivity contribution >= 4 is 17.5 Å². The number of nitro groups is 1. The first-order chi connectivity index (χ1) is 10.0. The van der Waals surface area contributed by atoms with Crippen LogP contribution in [0.15, 0.2) is 22.9 Å². The van der Waals surface area contributed by atoms with E-state index in [1.54, 1.807) is 18.2 Å². The summed E-state index contributed by atoms with van der Waals surface area (Å²) in [5.74, 6) is 1.42. The summed E-state index contributed by atoms with van der Waals surface area (Å²) in [5.41, 5.74) is 0.829. The largest absolute Gasteiger partial charge is 0.469 e. The number of nitrogens with one attached hydrogen (secondary N) is 1. The minimum atomic E-state index is -0.482. The molecule has 2 aromatic rings. The number of nitrogens with zero attached hydrogens (tertiary/aromatic N) is 4. The molecular weight excluding hydrogens is 274 g/mol. The van der Waals surface area contributed by atoms with Crippen LogP contribution in [0.1, 0.15) is 18.2 Å². The maximum Gasteiger partial charge on any atom is 0.329 e. The van der Waals surface area contributed by atoms with Crippen molar-refractivity contribution in [1.82, 2.24) is 9.97 Å². The lowest BCUT2D eigenvalue weighted by Crippen LogP contribution is -2.20. The molecule has 8 nitrogen and oxygen atoms in total. The molecule has 8 heteroatoms. The fourth-order valence-corrected chi connectivity index (χ4v) is 1.93. The van der Waals surface area contributed by atoms with E-state index in [0.29, 0.717) is 19.0 Å². The highest BCUT2D eigenvalue weighted by atomic mass is 16.6. The molecule has 2 rings (SSSR count). The molecule has 0 atom stereocenters. The number of rotatable bonds is 6. The van der Waals surface area contributed by atoms with Crippen LogP contribution < -0.4 is 10.2 Å². The molecule has 0 amide bonds. The Morgan fingerprint density at radius 1 is 1.52 bits per heavy atom. The Morgan fingerprint density at radius 3 is 2.86 bits per heavy atom. The molecule has 0 aliphatic rings. The van der Waals surface area contributed by atoms with E-state index < -0.39 is 4.92 Å². The minimum Gasteiger partial charge on any atom is -0.469 e. The van der Waals surface area contributed by atoms with E-state index in [-0.39, 0.29) is 11.5 Å². The third-order valence-electron chi connectivity index (χ3n) is 3.02. The Balaban J connectivity index is 2.32. The second kappa shape index (κ2) is 6.21. The molecule has 2 aromatic heterocycles. The van der Waals surface area contributed by atoms with Crippen LogP contribution in [0.5, 0.6) is 0 Å². The number of anilines is 2. The van der Waals surface area contributed by atoms with E-state index in [2.05, 4.69) is 15.3 Å². The number of aryl methyl sites for hydroxylation is 1. The summed E-state index contributed by atoms with van der Waals surface area (Å²) in [5, 5.41) is 14.1. The second-order valence-corrected chi connectivity index (χ2v) is 4.55. The molecule has 0 aliphatic heterocycles. The summed E-state index contributed by atoms with van der Waals surface area (Å²) in [7, 11) is 1.75. The molecule has 0 radical (unpaired) electrons. The predicted molar refractivity (Wildman–Crippen MR) is 78.4 cm³/mol. The van der Waals surface area contributed by atoms with Gasteiger partial charge in [0, 0.05) is 25.7 Å². The molecule has 0 saturated heterocycles. The molecule has 2 heterocycles. The van der Waals surface area contributed by atoms with Crippen molar-refractivity contribution < 1.29 is 9.34 Å². The molecule has 0 bridgehead atoms. The lowest BCUT2D eigenvalue weighted by molar-refractivity contribution is -0.384. The van der Waals surface area contributed by atoms with Crippen LogP contribution in [-0.2, 0) is 6.54 Å². The Hall–Kier alpha value is -2.64. The van der Waals surface area contributed by atoms with Crippen molar-refractivity contribution in [2.45, 2.75) is 20.4 Å². The molecule has 21 heavy (non-hydrogen) atoms. The van der Waals surface area contributed by atoms with E-state index >= 15 is 0 Å². The van der Waals surface area contributed by atoms with Gasteiger partial charge in [-0.1, -0.05) is 0 Å². The summed E-state index contributed by atoms with van der Waals surface area (Å²) < 4.78 is 5.24. The molecular formula is C13H17N5O3. The maximum atomic E-state index is 11.1. The lowest BCUT2D eigenvalue weighted by atomic mass is 10.2. The zero-order valence-electron chi connectivity index (χ0n) is 12.2. The van der Waals surface area contributed by atoms with Crippen molar-refractivity contribution in [3.05, 3.63) is 40.0 Å². The van der Waals surface area contributed by atoms with Gasteiger partial charge in [-0.2, -0.15) is 4.98 Å². The van der Waals surface area contributed by atoms with Crippen LogP contribution in [-0.4, -0.2) is 28.5 Å². The van der Waals surface area contributed by atoms with Crippen LogP contribution in [0.2, 0.25) is 0 Å². The van der Waals surface area contributed by atoms with Crippen LogP contribution in [0.4, 0.5) is 17.5 Å². The van der Waals surface area contributed by atoms with Crippen LogP contribution in [0.3, 0.4) is 0 Å². The fourth-order valence-electron chi connectivity index (χ4n) is 1.93. The average Bonchev–Trinajstić information content (AvgIpc) is 2.84. The van der Waals surface area contributed by atoms with Gasteiger partial charge in [0.15, 0.2) is 0 Å². The fraction of sp³-hybridized carbons (Fsp3) is 0.385. The van der Waals surface area contributed by atoms with E-state index in [9.17, 15) is 10.1 Å². The SMILES string of the molecule is CCNc1ncc([N+](=O)[O-])c(N(C)Cc2ccoc2C)n1. The van der Waals surface area contributed by atoms with Crippen LogP contribution in [0.25, 0.3) is 0 Å². The Bertz CT molecular complexity index is 640. The summed E-state index contributed by atoms with van der Waals surface area (Å²) in [6.07, 6.45) is 2.82. The topological polar surface area (TPSA) is 97.3 Å². The zero-order chi connectivity index (χ0) is 15.4. The molecule has 0 unspecified atom stereocenters. The smallest absolute Gasteiger partial charge is 0.329 e. The summed E-state index contributed by atoms with van der Waals surface area (Å²) in [4.78, 5) is 20.5. The van der Waals surface area contributed by atoms with E-state index in [0.717, 1.165) is 11.3 Å². The highest BCUT2D eigenvalue weighted by Crippen LogP contribution is 2.27. The number of aromatic nitrogens is 2. The van der Waals surface area contributed by atoms with Gasteiger partial charge >= 0.3 is 5.69 Å². The van der Waals surface area contributed by atoms with E-state index in [4.69, 9.17) is 4.42 Å². The van der Waals surface area contributed by atoms with Crippen molar-refractivity contribution in [2.24, 2.45) is 0 Å². The van der Waals surface area contributed by atoms with Crippen molar-refractivity contribution in [2.75, 3.05) is 23.8 Å². The Morgan fingerprint density at radius 2 is 2.29 bits per heavy atom. The second-order valence-electron chi connectivity index (χ2n) is 4.55. The van der Waals surface area contributed by atoms with Crippen molar-refractivity contribution in [1.29, 1.82) is 0 Å². The molecule has 0 aromatic carbocycles. The summed E-state index contributed by atoms with van der Waals surface area (Å²) >= 11 is 0. The molecule has 0 fully saturated rings. The Labute approximate surface area is 122 Å². The van der Waals surface area contributed by atoms with Gasteiger partial charge in [0.25, 0.3) is 0 Å². The summed E-state index contributed by atoms with van der Waals surface area (Å²) in [6, 6.07) is 1.84. The van der Waals surface area contributed by atoms with Gasteiger partial charge in [0.1, 0.15) is 12.0 Å². The first-order valence-corrected chi connectivity index (χ1v) is 6.52. The van der Waals surface area contributed by atoms with Crippen molar-refractivity contribution in [3.63, 3.8) is 0 Å². The van der Waals surface area contributed by atoms with Gasteiger partial charge < -0.3 is 14.6 Å². The number of hydrogen-bond donors (Lipinski definition) is 1. The molecule has 1 N–H and O–H groups in total. The number of furan rings is 1. The van der Waals surface area contributed by atoms with Gasteiger partial charge in [-0.25, -0.2) is 4.98 Å². The third kappa shape index (κ3) is 3.28. The van der Waals surface area contributed by atoms with Crippen molar-refractivity contribution in [3.8, 4) is 0 Å². The average molecular weight is 291 g/mol. The minimum absolute atomic E-state index is 0.125. The van der Waals surface area contributed by atoms with E-state index in [1.165, 1.54) is 6.20 Å². The standard InChI is InChI=1S/C13H17N5O3/c1-4-14-13-15-7-11(18(19)20)12(16-13)17(3)8-10-5-6-21-9(10)2/h5-7H,4,8H2,1-3H3,(H,14,15,16). The van der Waals surface area contributed by atoms with Gasteiger partial charge in [-0.3, -0.25) is 10.1 Å². The number of hydrogen-bond acceptors (Lipinski definition) is 7. The highest BCUT2D eigenvalue weighted by Gasteiger charge is 2.21. The first-order valence-electron chi connectivity index (χ1n) is 6.52. The monoisotopic (exact) mass is 291 g/mol.